The minimum Gasteiger partial charge on any atom is -0.497 e. The Labute approximate surface area is 170 Å². The third-order valence-corrected chi connectivity index (χ3v) is 5.13. The molecule has 0 atom stereocenters. The first-order valence-electron chi connectivity index (χ1n) is 9.14. The van der Waals surface area contributed by atoms with Crippen molar-refractivity contribution in [1.29, 1.82) is 0 Å². The summed E-state index contributed by atoms with van der Waals surface area (Å²) in [6, 6.07) is 12.5. The summed E-state index contributed by atoms with van der Waals surface area (Å²) in [5.41, 5.74) is 2.39. The largest absolute Gasteiger partial charge is 0.497 e. The van der Waals surface area contributed by atoms with Gasteiger partial charge in [-0.05, 0) is 36.4 Å². The van der Waals surface area contributed by atoms with E-state index in [1.54, 1.807) is 48.1 Å². The molecule has 0 saturated heterocycles. The van der Waals surface area contributed by atoms with Crippen molar-refractivity contribution in [2.75, 3.05) is 12.0 Å². The molecule has 3 heterocycles. The average Bonchev–Trinajstić information content (AvgIpc) is 3.22. The first kappa shape index (κ1) is 18.0. The lowest BCUT2D eigenvalue weighted by Crippen LogP contribution is -2.29. The van der Waals surface area contributed by atoms with E-state index in [2.05, 4.69) is 10.1 Å². The number of hydrogen-bond donors (Lipinski definition) is 0. The maximum atomic E-state index is 13.4. The Bertz CT molecular complexity index is 1340. The van der Waals surface area contributed by atoms with Crippen LogP contribution in [-0.2, 0) is 7.05 Å². The van der Waals surface area contributed by atoms with Gasteiger partial charge in [0.05, 0.1) is 29.3 Å². The SMILES string of the molecule is COc1cccc(N2C(=O)c3cnc4c(c(-c5ccc(F)cc5)nn4C)c3C2=O)c1. The molecule has 1 aliphatic rings. The Morgan fingerprint density at radius 1 is 1.03 bits per heavy atom. The quantitative estimate of drug-likeness (QED) is 0.490. The Balaban J connectivity index is 1.74. The predicted octanol–water partition coefficient (Wildman–Crippen LogP) is 3.58. The Kier molecular flexibility index (Phi) is 3.89. The van der Waals surface area contributed by atoms with Crippen LogP contribution in [0, 0.1) is 5.82 Å². The van der Waals surface area contributed by atoms with E-state index in [0.717, 1.165) is 4.90 Å². The average molecular weight is 402 g/mol. The van der Waals surface area contributed by atoms with Gasteiger partial charge in [0.25, 0.3) is 11.8 Å². The highest BCUT2D eigenvalue weighted by Crippen LogP contribution is 2.37. The van der Waals surface area contributed by atoms with Crippen LogP contribution in [0.5, 0.6) is 5.75 Å². The van der Waals surface area contributed by atoms with Gasteiger partial charge < -0.3 is 4.74 Å². The van der Waals surface area contributed by atoms with Gasteiger partial charge in [-0.1, -0.05) is 6.07 Å². The number of carbonyl (C=O) groups is 2. The highest BCUT2D eigenvalue weighted by Gasteiger charge is 2.40. The van der Waals surface area contributed by atoms with Crippen molar-refractivity contribution >= 4 is 28.5 Å². The lowest BCUT2D eigenvalue weighted by molar-refractivity contribution is 0.0926. The number of imide groups is 1. The van der Waals surface area contributed by atoms with E-state index in [4.69, 9.17) is 4.74 Å². The van der Waals surface area contributed by atoms with Crippen LogP contribution >= 0.6 is 0 Å². The molecule has 0 N–H and O–H groups in total. The van der Waals surface area contributed by atoms with Crippen LogP contribution in [0.2, 0.25) is 0 Å². The predicted molar refractivity (Wildman–Crippen MR) is 108 cm³/mol. The van der Waals surface area contributed by atoms with E-state index in [0.29, 0.717) is 33.7 Å². The van der Waals surface area contributed by atoms with E-state index >= 15 is 0 Å². The monoisotopic (exact) mass is 402 g/mol. The summed E-state index contributed by atoms with van der Waals surface area (Å²) >= 11 is 0. The lowest BCUT2D eigenvalue weighted by Gasteiger charge is -2.14. The number of nitrogens with zero attached hydrogens (tertiary/aromatic N) is 4. The number of carbonyl (C=O) groups excluding carboxylic acids is 2. The van der Waals surface area contributed by atoms with Crippen LogP contribution in [0.25, 0.3) is 22.3 Å². The van der Waals surface area contributed by atoms with Gasteiger partial charge in [0.1, 0.15) is 17.3 Å². The molecule has 148 valence electrons. The van der Waals surface area contributed by atoms with E-state index in [9.17, 15) is 14.0 Å². The number of methoxy groups -OCH3 is 1. The van der Waals surface area contributed by atoms with E-state index in [1.807, 2.05) is 0 Å². The second-order valence-electron chi connectivity index (χ2n) is 6.87. The van der Waals surface area contributed by atoms with Crippen LogP contribution in [0.15, 0.2) is 54.7 Å². The molecule has 4 aromatic rings. The van der Waals surface area contributed by atoms with Gasteiger partial charge in [-0.15, -0.1) is 0 Å². The number of anilines is 1. The minimum absolute atomic E-state index is 0.201. The minimum atomic E-state index is -0.466. The first-order valence-corrected chi connectivity index (χ1v) is 9.14. The molecule has 2 aromatic carbocycles. The van der Waals surface area contributed by atoms with Crippen molar-refractivity contribution in [3.05, 3.63) is 71.7 Å². The zero-order valence-corrected chi connectivity index (χ0v) is 16.1. The van der Waals surface area contributed by atoms with Crippen molar-refractivity contribution in [3.63, 3.8) is 0 Å². The highest BCUT2D eigenvalue weighted by molar-refractivity contribution is 6.38. The number of aromatic nitrogens is 3. The molecule has 5 rings (SSSR count). The number of pyridine rings is 1. The standard InChI is InChI=1S/C22H15FN4O3/c1-26-20-18(19(25-26)12-6-8-13(23)9-7-12)17-16(11-24-20)21(28)27(22(17)29)14-4-3-5-15(10-14)30-2/h3-11H,1-2H3. The molecule has 0 unspecified atom stereocenters. The second kappa shape index (κ2) is 6.48. The Morgan fingerprint density at radius 3 is 2.53 bits per heavy atom. The summed E-state index contributed by atoms with van der Waals surface area (Å²) in [6.45, 7) is 0. The highest BCUT2D eigenvalue weighted by atomic mass is 19.1. The van der Waals surface area contributed by atoms with Crippen molar-refractivity contribution < 1.29 is 18.7 Å². The molecule has 0 bridgehead atoms. The number of hydrogen-bond acceptors (Lipinski definition) is 5. The molecular formula is C22H15FN4O3. The maximum absolute atomic E-state index is 13.4. The number of benzene rings is 2. The summed E-state index contributed by atoms with van der Waals surface area (Å²) in [6.07, 6.45) is 1.40. The number of amides is 2. The zero-order valence-electron chi connectivity index (χ0n) is 16.1. The first-order chi connectivity index (χ1) is 14.5. The van der Waals surface area contributed by atoms with E-state index < -0.39 is 11.8 Å². The Morgan fingerprint density at radius 2 is 1.80 bits per heavy atom. The van der Waals surface area contributed by atoms with Gasteiger partial charge in [-0.2, -0.15) is 5.10 Å². The number of aryl methyl sites for hydroxylation is 1. The smallest absolute Gasteiger partial charge is 0.267 e. The zero-order chi connectivity index (χ0) is 21.0. The van der Waals surface area contributed by atoms with Crippen LogP contribution in [0.4, 0.5) is 10.1 Å². The van der Waals surface area contributed by atoms with Crippen molar-refractivity contribution in [1.82, 2.24) is 14.8 Å². The summed E-state index contributed by atoms with van der Waals surface area (Å²) in [4.78, 5) is 32.0. The molecule has 0 fully saturated rings. The number of halogens is 1. The Hall–Kier alpha value is -4.07. The molecule has 0 spiro atoms. The molecule has 2 aromatic heterocycles. The van der Waals surface area contributed by atoms with E-state index in [-0.39, 0.29) is 16.9 Å². The van der Waals surface area contributed by atoms with Crippen LogP contribution < -0.4 is 9.64 Å². The van der Waals surface area contributed by atoms with Crippen molar-refractivity contribution in [2.24, 2.45) is 7.05 Å². The molecule has 1 aliphatic heterocycles. The molecule has 0 aliphatic carbocycles. The molecule has 0 saturated carbocycles. The lowest BCUT2D eigenvalue weighted by atomic mass is 10.0. The molecule has 0 radical (unpaired) electrons. The molecule has 7 nitrogen and oxygen atoms in total. The summed E-state index contributed by atoms with van der Waals surface area (Å²) in [7, 11) is 3.22. The van der Waals surface area contributed by atoms with Gasteiger partial charge in [0, 0.05) is 24.9 Å². The fourth-order valence-corrected chi connectivity index (χ4v) is 3.72. The summed E-state index contributed by atoms with van der Waals surface area (Å²) in [5.74, 6) is -0.780. The van der Waals surface area contributed by atoms with Gasteiger partial charge in [0.2, 0.25) is 0 Å². The van der Waals surface area contributed by atoms with Crippen LogP contribution in [0.3, 0.4) is 0 Å². The van der Waals surface area contributed by atoms with Gasteiger partial charge in [-0.3, -0.25) is 9.59 Å². The molecule has 30 heavy (non-hydrogen) atoms. The van der Waals surface area contributed by atoms with Gasteiger partial charge in [0.15, 0.2) is 5.65 Å². The summed E-state index contributed by atoms with van der Waals surface area (Å²) in [5, 5.41) is 4.94. The second-order valence-corrected chi connectivity index (χ2v) is 6.87. The normalized spacial score (nSPS) is 13.2. The summed E-state index contributed by atoms with van der Waals surface area (Å²) < 4.78 is 20.2. The van der Waals surface area contributed by atoms with Gasteiger partial charge in [-0.25, -0.2) is 19.0 Å². The topological polar surface area (TPSA) is 77.3 Å². The number of ether oxygens (including phenoxy) is 1. The third-order valence-electron chi connectivity index (χ3n) is 5.13. The molecule has 2 amide bonds. The van der Waals surface area contributed by atoms with E-state index in [1.165, 1.54) is 25.4 Å². The number of rotatable bonds is 3. The third kappa shape index (κ3) is 2.50. The van der Waals surface area contributed by atoms with Crippen LogP contribution in [0.1, 0.15) is 20.7 Å². The van der Waals surface area contributed by atoms with Crippen LogP contribution in [-0.4, -0.2) is 33.7 Å². The van der Waals surface area contributed by atoms with Crippen molar-refractivity contribution in [3.8, 4) is 17.0 Å². The fraction of sp³-hybridized carbons (Fsp3) is 0.0909. The number of fused-ring (bicyclic) bond motifs is 3. The molecule has 8 heteroatoms. The fourth-order valence-electron chi connectivity index (χ4n) is 3.72. The molecular weight excluding hydrogens is 387 g/mol. The van der Waals surface area contributed by atoms with Crippen molar-refractivity contribution in [2.45, 2.75) is 0 Å². The maximum Gasteiger partial charge on any atom is 0.267 e. The van der Waals surface area contributed by atoms with Gasteiger partial charge >= 0.3 is 0 Å².